The molecule has 0 radical (unpaired) electrons. The number of nitrogens with zero attached hydrogens (tertiary/aromatic N) is 2. The number of para-hydroxylation sites is 1. The highest BCUT2D eigenvalue weighted by Gasteiger charge is 2.17. The zero-order valence-electron chi connectivity index (χ0n) is 8.01. The van der Waals surface area contributed by atoms with Crippen molar-refractivity contribution in [2.45, 2.75) is 6.92 Å². The Balaban J connectivity index is 2.57. The van der Waals surface area contributed by atoms with Crippen LogP contribution in [0.2, 0.25) is 0 Å². The van der Waals surface area contributed by atoms with Gasteiger partial charge >= 0.3 is 0 Å². The van der Waals surface area contributed by atoms with Gasteiger partial charge in [-0.2, -0.15) is 0 Å². The number of benzene rings is 1. The molecule has 0 atom stereocenters. The minimum atomic E-state index is -0.437. The number of rotatable bonds is 2. The van der Waals surface area contributed by atoms with Crippen LogP contribution in [0.3, 0.4) is 0 Å². The molecule has 0 aliphatic heterocycles. The van der Waals surface area contributed by atoms with Gasteiger partial charge in [0, 0.05) is 12.1 Å². The Morgan fingerprint density at radius 1 is 1.40 bits per heavy atom. The van der Waals surface area contributed by atoms with Gasteiger partial charge in [0.05, 0.1) is 16.2 Å². The fourth-order valence-electron chi connectivity index (χ4n) is 1.33. The molecule has 2 rings (SSSR count). The van der Waals surface area contributed by atoms with Crippen LogP contribution in [0.1, 0.15) is 5.69 Å². The predicted octanol–water partition coefficient (Wildman–Crippen LogP) is 2.56. The number of aromatic nitrogens is 1. The van der Waals surface area contributed by atoms with E-state index < -0.39 is 4.92 Å². The van der Waals surface area contributed by atoms with E-state index >= 15 is 0 Å². The molecule has 0 saturated heterocycles. The maximum atomic E-state index is 10.7. The van der Waals surface area contributed by atoms with E-state index in [1.807, 2.05) is 0 Å². The summed E-state index contributed by atoms with van der Waals surface area (Å²) in [5.41, 5.74) is 1.17. The number of hydrogen-bond donors (Lipinski definition) is 0. The summed E-state index contributed by atoms with van der Waals surface area (Å²) in [7, 11) is 0. The Labute approximate surface area is 85.5 Å². The fourth-order valence-corrected chi connectivity index (χ4v) is 1.33. The van der Waals surface area contributed by atoms with Gasteiger partial charge in [-0.1, -0.05) is 17.3 Å². The van der Waals surface area contributed by atoms with E-state index in [0.717, 1.165) is 0 Å². The Kier molecular flexibility index (Phi) is 2.21. The first-order chi connectivity index (χ1) is 7.18. The van der Waals surface area contributed by atoms with Crippen molar-refractivity contribution in [1.29, 1.82) is 0 Å². The van der Waals surface area contributed by atoms with Gasteiger partial charge in [0.2, 0.25) is 0 Å². The summed E-state index contributed by atoms with van der Waals surface area (Å²) in [4.78, 5) is 10.3. The molecule has 1 heterocycles. The Bertz CT molecular complexity index is 505. The molecule has 1 aromatic heterocycles. The number of aryl methyl sites for hydroxylation is 1. The summed E-state index contributed by atoms with van der Waals surface area (Å²) in [6.07, 6.45) is 0. The van der Waals surface area contributed by atoms with E-state index in [0.29, 0.717) is 17.0 Å². The smallest absolute Gasteiger partial charge is 0.280 e. The van der Waals surface area contributed by atoms with Crippen molar-refractivity contribution in [3.63, 3.8) is 0 Å². The lowest BCUT2D eigenvalue weighted by Crippen LogP contribution is -1.90. The van der Waals surface area contributed by atoms with Crippen LogP contribution < -0.4 is 0 Å². The largest absolute Gasteiger partial charge is 0.356 e. The summed E-state index contributed by atoms with van der Waals surface area (Å²) < 4.78 is 4.99. The van der Waals surface area contributed by atoms with E-state index in [4.69, 9.17) is 4.52 Å². The van der Waals surface area contributed by atoms with E-state index in [1.54, 1.807) is 31.2 Å². The Morgan fingerprint density at radius 3 is 2.73 bits per heavy atom. The second-order valence-corrected chi connectivity index (χ2v) is 3.11. The number of hydrogen-bond acceptors (Lipinski definition) is 4. The second kappa shape index (κ2) is 3.53. The average molecular weight is 204 g/mol. The molecule has 15 heavy (non-hydrogen) atoms. The van der Waals surface area contributed by atoms with Gasteiger partial charge in [0.15, 0.2) is 5.76 Å². The summed E-state index contributed by atoms with van der Waals surface area (Å²) in [6, 6.07) is 8.08. The van der Waals surface area contributed by atoms with Crippen molar-refractivity contribution in [3.05, 3.63) is 46.1 Å². The van der Waals surface area contributed by atoms with Gasteiger partial charge in [-0.15, -0.1) is 0 Å². The van der Waals surface area contributed by atoms with E-state index in [2.05, 4.69) is 5.16 Å². The van der Waals surface area contributed by atoms with Gasteiger partial charge in [0.1, 0.15) is 0 Å². The minimum Gasteiger partial charge on any atom is -0.356 e. The van der Waals surface area contributed by atoms with Crippen LogP contribution in [0.4, 0.5) is 5.69 Å². The second-order valence-electron chi connectivity index (χ2n) is 3.11. The van der Waals surface area contributed by atoms with Gasteiger partial charge in [-0.25, -0.2) is 0 Å². The molecule has 0 saturated carbocycles. The predicted molar refractivity (Wildman–Crippen MR) is 53.3 cm³/mol. The van der Waals surface area contributed by atoms with Crippen molar-refractivity contribution in [1.82, 2.24) is 5.16 Å². The van der Waals surface area contributed by atoms with Crippen molar-refractivity contribution >= 4 is 5.69 Å². The molecule has 5 nitrogen and oxygen atoms in total. The molecular formula is C10H8N2O3. The molecule has 0 spiro atoms. The van der Waals surface area contributed by atoms with E-state index in [9.17, 15) is 10.1 Å². The molecule has 1 aromatic carbocycles. The first-order valence-electron chi connectivity index (χ1n) is 4.35. The normalized spacial score (nSPS) is 10.2. The van der Waals surface area contributed by atoms with Gasteiger partial charge in [-0.05, 0) is 13.0 Å². The molecule has 2 aromatic rings. The van der Waals surface area contributed by atoms with Crippen LogP contribution in [0.5, 0.6) is 0 Å². The molecule has 76 valence electrons. The monoisotopic (exact) mass is 204 g/mol. The molecular weight excluding hydrogens is 196 g/mol. The van der Waals surface area contributed by atoms with Crippen LogP contribution in [0.15, 0.2) is 34.9 Å². The zero-order valence-corrected chi connectivity index (χ0v) is 8.01. The highest BCUT2D eigenvalue weighted by molar-refractivity contribution is 5.69. The van der Waals surface area contributed by atoms with Crippen LogP contribution in [-0.4, -0.2) is 10.1 Å². The van der Waals surface area contributed by atoms with Gasteiger partial charge < -0.3 is 4.52 Å². The van der Waals surface area contributed by atoms with Gasteiger partial charge in [0.25, 0.3) is 5.69 Å². The first kappa shape index (κ1) is 9.39. The molecule has 0 N–H and O–H groups in total. The first-order valence-corrected chi connectivity index (χ1v) is 4.35. The number of nitro groups is 1. The maximum Gasteiger partial charge on any atom is 0.280 e. The van der Waals surface area contributed by atoms with E-state index in [1.165, 1.54) is 6.07 Å². The third kappa shape index (κ3) is 1.71. The van der Waals surface area contributed by atoms with Crippen LogP contribution >= 0.6 is 0 Å². The third-order valence-corrected chi connectivity index (χ3v) is 1.99. The van der Waals surface area contributed by atoms with Crippen LogP contribution in [-0.2, 0) is 0 Å². The lowest BCUT2D eigenvalue weighted by atomic mass is 10.1. The minimum absolute atomic E-state index is 0.0219. The lowest BCUT2D eigenvalue weighted by Gasteiger charge is -1.96. The zero-order chi connectivity index (χ0) is 10.8. The number of nitro benzene ring substituents is 1. The highest BCUT2D eigenvalue weighted by atomic mass is 16.6. The Hall–Kier alpha value is -2.17. The topological polar surface area (TPSA) is 69.2 Å². The Morgan fingerprint density at radius 2 is 2.13 bits per heavy atom. The summed E-state index contributed by atoms with van der Waals surface area (Å²) in [6.45, 7) is 1.77. The molecule has 0 aliphatic carbocycles. The third-order valence-electron chi connectivity index (χ3n) is 1.99. The molecule has 0 bridgehead atoms. The fraction of sp³-hybridized carbons (Fsp3) is 0.100. The molecule has 0 fully saturated rings. The molecule has 0 amide bonds. The van der Waals surface area contributed by atoms with Crippen LogP contribution in [0, 0.1) is 17.0 Å². The van der Waals surface area contributed by atoms with Crippen molar-refractivity contribution in [3.8, 4) is 11.3 Å². The maximum absolute atomic E-state index is 10.7. The average Bonchev–Trinajstić information content (AvgIpc) is 2.65. The summed E-state index contributed by atoms with van der Waals surface area (Å²) >= 11 is 0. The SMILES string of the molecule is Cc1cc(-c2ccccc2[N+](=O)[O-])on1. The molecule has 0 unspecified atom stereocenters. The van der Waals surface area contributed by atoms with Gasteiger partial charge in [-0.3, -0.25) is 10.1 Å². The summed E-state index contributed by atoms with van der Waals surface area (Å²) in [5.74, 6) is 0.416. The van der Waals surface area contributed by atoms with Crippen LogP contribution in [0.25, 0.3) is 11.3 Å². The lowest BCUT2D eigenvalue weighted by molar-refractivity contribution is -0.384. The molecule has 0 aliphatic rings. The van der Waals surface area contributed by atoms with E-state index in [-0.39, 0.29) is 5.69 Å². The van der Waals surface area contributed by atoms with Crippen molar-refractivity contribution in [2.75, 3.05) is 0 Å². The quantitative estimate of drug-likeness (QED) is 0.556. The highest BCUT2D eigenvalue weighted by Crippen LogP contribution is 2.29. The van der Waals surface area contributed by atoms with Crippen molar-refractivity contribution in [2.24, 2.45) is 0 Å². The molecule has 5 heteroatoms. The van der Waals surface area contributed by atoms with Crippen molar-refractivity contribution < 1.29 is 9.45 Å². The summed E-state index contributed by atoms with van der Waals surface area (Å²) in [5, 5.41) is 14.4. The standard InChI is InChI=1S/C10H8N2O3/c1-7-6-10(15-11-7)8-4-2-3-5-9(8)12(13)14/h2-6H,1H3.